The third-order valence-electron chi connectivity index (χ3n) is 2.79. The van der Waals surface area contributed by atoms with Gasteiger partial charge in [0.2, 0.25) is 0 Å². The number of hydrogen-bond donors (Lipinski definition) is 2. The number of benzene rings is 1. The molecule has 1 amide bonds. The van der Waals surface area contributed by atoms with Crippen LogP contribution in [-0.4, -0.2) is 29.1 Å². The van der Waals surface area contributed by atoms with Gasteiger partial charge >= 0.3 is 5.97 Å². The molecule has 1 aromatic carbocycles. The van der Waals surface area contributed by atoms with Gasteiger partial charge in [-0.05, 0) is 31.0 Å². The molecule has 2 rings (SSSR count). The van der Waals surface area contributed by atoms with Crippen molar-refractivity contribution in [3.05, 3.63) is 29.0 Å². The van der Waals surface area contributed by atoms with E-state index in [4.69, 9.17) is 21.4 Å². The quantitative estimate of drug-likeness (QED) is 0.862. The van der Waals surface area contributed by atoms with Crippen LogP contribution >= 0.6 is 11.6 Å². The zero-order chi connectivity index (χ0) is 14.0. The van der Waals surface area contributed by atoms with Crippen molar-refractivity contribution in [1.82, 2.24) is 5.32 Å². The van der Waals surface area contributed by atoms with Crippen LogP contribution in [0.2, 0.25) is 5.02 Å². The van der Waals surface area contributed by atoms with Crippen LogP contribution < -0.4 is 10.1 Å². The Bertz CT molecular complexity index is 530. The van der Waals surface area contributed by atoms with E-state index in [0.717, 1.165) is 12.1 Å². The average molecular weight is 288 g/mol. The monoisotopic (exact) mass is 287 g/mol. The highest BCUT2D eigenvalue weighted by molar-refractivity contribution is 6.32. The minimum atomic E-state index is -1.15. The second kappa shape index (κ2) is 5.05. The smallest absolute Gasteiger partial charge is 0.329 e. The summed E-state index contributed by atoms with van der Waals surface area (Å²) in [6.45, 7) is -0.375. The Labute approximate surface area is 113 Å². The lowest BCUT2D eigenvalue weighted by atomic mass is 10.3. The lowest BCUT2D eigenvalue weighted by molar-refractivity contribution is -0.143. The third-order valence-corrected chi connectivity index (χ3v) is 3.09. The summed E-state index contributed by atoms with van der Waals surface area (Å²) < 4.78 is 17.9. The van der Waals surface area contributed by atoms with Crippen LogP contribution in [0.3, 0.4) is 0 Å². The summed E-state index contributed by atoms with van der Waals surface area (Å²) in [5.74, 6) is -1.95. The van der Waals surface area contributed by atoms with Gasteiger partial charge in [-0.1, -0.05) is 11.6 Å². The van der Waals surface area contributed by atoms with Crippen molar-refractivity contribution >= 4 is 23.5 Å². The van der Waals surface area contributed by atoms with E-state index in [0.29, 0.717) is 12.8 Å². The predicted octanol–water partition coefficient (Wildman–Crippen LogP) is 1.59. The number of carbonyl (C=O) groups is 2. The van der Waals surface area contributed by atoms with Gasteiger partial charge in [0.15, 0.2) is 6.61 Å². The SMILES string of the molecule is O=C(COc1ccc(F)cc1Cl)NC1(C(=O)O)CC1. The van der Waals surface area contributed by atoms with Crippen LogP contribution in [0, 0.1) is 5.82 Å². The van der Waals surface area contributed by atoms with E-state index in [-0.39, 0.29) is 17.4 Å². The molecule has 1 fully saturated rings. The van der Waals surface area contributed by atoms with Gasteiger partial charge in [0.1, 0.15) is 17.1 Å². The summed E-state index contributed by atoms with van der Waals surface area (Å²) in [6, 6.07) is 3.52. The number of carboxylic acid groups (broad SMARTS) is 1. The van der Waals surface area contributed by atoms with Gasteiger partial charge in [-0.25, -0.2) is 9.18 Å². The first kappa shape index (κ1) is 13.6. The average Bonchev–Trinajstić information content (AvgIpc) is 3.09. The molecule has 0 aliphatic heterocycles. The maximum atomic E-state index is 12.8. The van der Waals surface area contributed by atoms with Crippen LogP contribution in [0.5, 0.6) is 5.75 Å². The number of halogens is 2. The number of rotatable bonds is 5. The maximum absolute atomic E-state index is 12.8. The van der Waals surface area contributed by atoms with Gasteiger partial charge in [-0.2, -0.15) is 0 Å². The third kappa shape index (κ3) is 3.14. The van der Waals surface area contributed by atoms with Gasteiger partial charge in [0.05, 0.1) is 5.02 Å². The first-order chi connectivity index (χ1) is 8.93. The second-order valence-electron chi connectivity index (χ2n) is 4.30. The minimum absolute atomic E-state index is 0.0483. The van der Waals surface area contributed by atoms with Gasteiger partial charge in [-0.3, -0.25) is 4.79 Å². The molecule has 19 heavy (non-hydrogen) atoms. The molecule has 102 valence electrons. The first-order valence-corrected chi connectivity index (χ1v) is 5.93. The predicted molar refractivity (Wildman–Crippen MR) is 64.6 cm³/mol. The summed E-state index contributed by atoms with van der Waals surface area (Å²) in [6.07, 6.45) is 0.816. The molecule has 0 aromatic heterocycles. The Hall–Kier alpha value is -1.82. The van der Waals surface area contributed by atoms with Crippen LogP contribution in [-0.2, 0) is 9.59 Å². The number of nitrogens with one attached hydrogen (secondary N) is 1. The van der Waals surface area contributed by atoms with E-state index in [9.17, 15) is 14.0 Å². The lowest BCUT2D eigenvalue weighted by Crippen LogP contribution is -2.45. The van der Waals surface area contributed by atoms with Gasteiger partial charge in [-0.15, -0.1) is 0 Å². The molecule has 0 bridgehead atoms. The van der Waals surface area contributed by atoms with Crippen molar-refractivity contribution in [3.63, 3.8) is 0 Å². The fourth-order valence-electron chi connectivity index (χ4n) is 1.56. The molecule has 0 spiro atoms. The highest BCUT2D eigenvalue weighted by atomic mass is 35.5. The maximum Gasteiger partial charge on any atom is 0.329 e. The topological polar surface area (TPSA) is 75.6 Å². The fraction of sp³-hybridized carbons (Fsp3) is 0.333. The number of carboxylic acids is 1. The Morgan fingerprint density at radius 1 is 1.47 bits per heavy atom. The summed E-state index contributed by atoms with van der Waals surface area (Å²) in [7, 11) is 0. The zero-order valence-electron chi connectivity index (χ0n) is 9.78. The largest absolute Gasteiger partial charge is 0.482 e. The van der Waals surface area contributed by atoms with E-state index in [2.05, 4.69) is 5.32 Å². The molecule has 2 N–H and O–H groups in total. The van der Waals surface area contributed by atoms with Crippen LogP contribution in [0.25, 0.3) is 0 Å². The normalized spacial score (nSPS) is 15.7. The van der Waals surface area contributed by atoms with E-state index < -0.39 is 23.2 Å². The molecule has 0 saturated heterocycles. The molecule has 1 saturated carbocycles. The highest BCUT2D eigenvalue weighted by Gasteiger charge is 2.51. The van der Waals surface area contributed by atoms with Crippen LogP contribution in [0.4, 0.5) is 4.39 Å². The van der Waals surface area contributed by atoms with Crippen LogP contribution in [0.15, 0.2) is 18.2 Å². The molecule has 7 heteroatoms. The Morgan fingerprint density at radius 2 is 2.16 bits per heavy atom. The van der Waals surface area contributed by atoms with E-state index in [1.54, 1.807) is 0 Å². The number of ether oxygens (including phenoxy) is 1. The molecule has 0 radical (unpaired) electrons. The van der Waals surface area contributed by atoms with Gasteiger partial charge in [0, 0.05) is 0 Å². The standard InChI is InChI=1S/C12H11ClFNO4/c13-8-5-7(14)1-2-9(8)19-6-10(16)15-12(3-4-12)11(17)18/h1-2,5H,3-4,6H2,(H,15,16)(H,17,18). The molecule has 0 heterocycles. The van der Waals surface area contributed by atoms with Crippen molar-refractivity contribution in [2.24, 2.45) is 0 Å². The summed E-state index contributed by atoms with van der Waals surface area (Å²) in [5, 5.41) is 11.3. The van der Waals surface area contributed by atoms with Crippen LogP contribution in [0.1, 0.15) is 12.8 Å². The molecule has 0 unspecified atom stereocenters. The number of amides is 1. The Balaban J connectivity index is 1.89. The molecular weight excluding hydrogens is 277 g/mol. The molecule has 1 aliphatic rings. The summed E-state index contributed by atoms with van der Waals surface area (Å²) >= 11 is 5.72. The van der Waals surface area contributed by atoms with E-state index in [1.807, 2.05) is 0 Å². The molecular formula is C12H11ClFNO4. The summed E-state index contributed by atoms with van der Waals surface area (Å²) in [4.78, 5) is 22.4. The number of aliphatic carboxylic acids is 1. The van der Waals surface area contributed by atoms with E-state index >= 15 is 0 Å². The lowest BCUT2D eigenvalue weighted by Gasteiger charge is -2.13. The van der Waals surface area contributed by atoms with Gasteiger partial charge < -0.3 is 15.2 Å². The van der Waals surface area contributed by atoms with Crippen molar-refractivity contribution in [2.45, 2.75) is 18.4 Å². The second-order valence-corrected chi connectivity index (χ2v) is 4.71. The fourth-order valence-corrected chi connectivity index (χ4v) is 1.78. The Morgan fingerprint density at radius 3 is 2.68 bits per heavy atom. The molecule has 1 aliphatic carbocycles. The summed E-state index contributed by atoms with van der Waals surface area (Å²) in [5.41, 5.74) is -1.15. The molecule has 0 atom stereocenters. The van der Waals surface area contributed by atoms with Crippen molar-refractivity contribution in [1.29, 1.82) is 0 Å². The first-order valence-electron chi connectivity index (χ1n) is 5.55. The van der Waals surface area contributed by atoms with E-state index in [1.165, 1.54) is 6.07 Å². The molecule has 1 aromatic rings. The van der Waals surface area contributed by atoms with Crippen molar-refractivity contribution in [2.75, 3.05) is 6.61 Å². The molecule has 5 nitrogen and oxygen atoms in total. The zero-order valence-corrected chi connectivity index (χ0v) is 10.5. The number of hydrogen-bond acceptors (Lipinski definition) is 3. The minimum Gasteiger partial charge on any atom is -0.482 e. The van der Waals surface area contributed by atoms with Crippen molar-refractivity contribution < 1.29 is 23.8 Å². The Kier molecular flexibility index (Phi) is 3.61. The highest BCUT2D eigenvalue weighted by Crippen LogP contribution is 2.35. The van der Waals surface area contributed by atoms with Gasteiger partial charge in [0.25, 0.3) is 5.91 Å². The number of carbonyl (C=O) groups excluding carboxylic acids is 1. The van der Waals surface area contributed by atoms with Crippen molar-refractivity contribution in [3.8, 4) is 5.75 Å².